The van der Waals surface area contributed by atoms with Crippen LogP contribution in [-0.4, -0.2) is 45.7 Å². The highest BCUT2D eigenvalue weighted by Gasteiger charge is 2.31. The van der Waals surface area contributed by atoms with Crippen LogP contribution in [-0.2, 0) is 16.0 Å². The summed E-state index contributed by atoms with van der Waals surface area (Å²) in [5, 5.41) is 5.09. The summed E-state index contributed by atoms with van der Waals surface area (Å²) in [6.07, 6.45) is 7.67. The maximum absolute atomic E-state index is 13.2. The van der Waals surface area contributed by atoms with Crippen LogP contribution < -0.4 is 4.90 Å². The fourth-order valence-electron chi connectivity index (χ4n) is 4.80. The summed E-state index contributed by atoms with van der Waals surface area (Å²) in [5.41, 5.74) is 4.44. The van der Waals surface area contributed by atoms with Gasteiger partial charge in [-0.25, -0.2) is 9.67 Å². The molecule has 0 amide bonds. The molecule has 182 valence electrons. The molecule has 2 aromatic heterocycles. The third-order valence-corrected chi connectivity index (χ3v) is 7.04. The molecular formula is C27H29ClN4O3. The van der Waals surface area contributed by atoms with Gasteiger partial charge < -0.3 is 9.64 Å². The maximum atomic E-state index is 13.2. The van der Waals surface area contributed by atoms with E-state index < -0.39 is 0 Å². The highest BCUT2D eigenvalue weighted by Crippen LogP contribution is 2.44. The Labute approximate surface area is 210 Å². The van der Waals surface area contributed by atoms with Crippen molar-refractivity contribution in [3.05, 3.63) is 70.1 Å². The molecule has 7 nitrogen and oxygen atoms in total. The van der Waals surface area contributed by atoms with Crippen molar-refractivity contribution >= 4 is 29.2 Å². The highest BCUT2D eigenvalue weighted by molar-refractivity contribution is 6.30. The Bertz CT molecular complexity index is 1240. The summed E-state index contributed by atoms with van der Waals surface area (Å²) in [6.45, 7) is 4.99. The van der Waals surface area contributed by atoms with E-state index in [1.54, 1.807) is 10.9 Å². The minimum atomic E-state index is -0.219. The number of Topliss-reactive ketones (excluding diaryl/α,β-unsaturated/α-hetero) is 1. The van der Waals surface area contributed by atoms with Crippen LogP contribution in [0.1, 0.15) is 65.7 Å². The first-order valence-corrected chi connectivity index (χ1v) is 12.5. The molecule has 2 fully saturated rings. The Hall–Kier alpha value is -3.19. The summed E-state index contributed by atoms with van der Waals surface area (Å²) in [4.78, 5) is 31.6. The van der Waals surface area contributed by atoms with Crippen molar-refractivity contribution in [3.63, 3.8) is 0 Å². The van der Waals surface area contributed by atoms with Gasteiger partial charge in [0.25, 0.3) is 0 Å². The van der Waals surface area contributed by atoms with E-state index in [1.165, 1.54) is 12.5 Å². The van der Waals surface area contributed by atoms with Gasteiger partial charge in [0.05, 0.1) is 23.1 Å². The molecule has 8 heteroatoms. The van der Waals surface area contributed by atoms with E-state index in [1.807, 2.05) is 37.4 Å². The molecule has 0 bridgehead atoms. The zero-order valence-corrected chi connectivity index (χ0v) is 20.8. The average Bonchev–Trinajstić information content (AvgIpc) is 3.61. The number of carbonyl (C=O) groups excluding carboxylic acids is 2. The predicted molar refractivity (Wildman–Crippen MR) is 135 cm³/mol. The third kappa shape index (κ3) is 5.25. The molecule has 1 aliphatic heterocycles. The number of aromatic nitrogens is 3. The number of hydrogen-bond donors (Lipinski definition) is 0. The number of ether oxygens (including phenoxy) is 1. The van der Waals surface area contributed by atoms with Gasteiger partial charge in [0.1, 0.15) is 11.9 Å². The van der Waals surface area contributed by atoms with E-state index >= 15 is 0 Å². The Morgan fingerprint density at radius 3 is 2.46 bits per heavy atom. The molecule has 1 aliphatic carbocycles. The monoisotopic (exact) mass is 492 g/mol. The van der Waals surface area contributed by atoms with Crippen molar-refractivity contribution in [2.75, 3.05) is 18.0 Å². The molecule has 3 aromatic rings. The second kappa shape index (κ2) is 9.82. The number of carbonyl (C=O) groups is 2. The molecule has 0 spiro atoms. The maximum Gasteiger partial charge on any atom is 0.302 e. The molecule has 5 rings (SSSR count). The summed E-state index contributed by atoms with van der Waals surface area (Å²) in [5.74, 6) is 1.33. The largest absolute Gasteiger partial charge is 0.462 e. The van der Waals surface area contributed by atoms with E-state index in [0.29, 0.717) is 16.5 Å². The molecule has 0 N–H and O–H groups in total. The van der Waals surface area contributed by atoms with Crippen molar-refractivity contribution in [2.45, 2.75) is 58.0 Å². The summed E-state index contributed by atoms with van der Waals surface area (Å²) in [6, 6.07) is 9.55. The van der Waals surface area contributed by atoms with Crippen molar-refractivity contribution in [1.29, 1.82) is 0 Å². The fourth-order valence-corrected chi connectivity index (χ4v) is 4.93. The number of anilines is 1. The molecule has 2 aliphatic rings. The van der Waals surface area contributed by atoms with Crippen LogP contribution >= 0.6 is 11.6 Å². The number of pyridine rings is 1. The third-order valence-electron chi connectivity index (χ3n) is 6.79. The highest BCUT2D eigenvalue weighted by atomic mass is 35.5. The van der Waals surface area contributed by atoms with Gasteiger partial charge >= 0.3 is 5.97 Å². The van der Waals surface area contributed by atoms with E-state index in [4.69, 9.17) is 21.3 Å². The van der Waals surface area contributed by atoms with Crippen LogP contribution in [0.5, 0.6) is 0 Å². The lowest BCUT2D eigenvalue weighted by molar-refractivity contribution is -0.147. The average molecular weight is 493 g/mol. The number of esters is 1. The Kier molecular flexibility index (Phi) is 6.60. The van der Waals surface area contributed by atoms with Gasteiger partial charge in [-0.05, 0) is 67.1 Å². The molecule has 0 radical (unpaired) electrons. The van der Waals surface area contributed by atoms with Gasteiger partial charge in [0.15, 0.2) is 5.78 Å². The van der Waals surface area contributed by atoms with E-state index in [-0.39, 0.29) is 24.3 Å². The van der Waals surface area contributed by atoms with Crippen LogP contribution in [0.2, 0.25) is 5.02 Å². The Morgan fingerprint density at radius 2 is 1.80 bits per heavy atom. The normalized spacial score (nSPS) is 16.4. The van der Waals surface area contributed by atoms with Crippen molar-refractivity contribution < 1.29 is 14.3 Å². The predicted octanol–water partition coefficient (Wildman–Crippen LogP) is 5.06. The summed E-state index contributed by atoms with van der Waals surface area (Å²) in [7, 11) is 0. The number of nitrogens with zero attached hydrogens (tertiary/aromatic N) is 4. The van der Waals surface area contributed by atoms with Crippen LogP contribution in [0.3, 0.4) is 0 Å². The zero-order chi connectivity index (χ0) is 24.5. The quantitative estimate of drug-likeness (QED) is 0.339. The van der Waals surface area contributed by atoms with E-state index in [0.717, 1.165) is 61.5 Å². The molecule has 1 aromatic carbocycles. The number of benzene rings is 1. The first-order valence-electron chi connectivity index (χ1n) is 12.1. The molecule has 0 atom stereocenters. The summed E-state index contributed by atoms with van der Waals surface area (Å²) >= 11 is 6.00. The second-order valence-electron chi connectivity index (χ2n) is 9.46. The standard InChI is InChI=1S/C27H29ClN4O3/c1-17-25(16-30-32(17)22-7-5-21(28)6-8-22)26(34)14-19-13-24(20-3-4-20)27(29-15-19)31-11-9-23(10-12-31)35-18(2)33/h5-8,13,15-16,20,23H,3-4,9-12,14H2,1-2H3. The number of rotatable bonds is 7. The number of piperidine rings is 1. The SMILES string of the molecule is CC(=O)OC1CCN(c2ncc(CC(=O)c3cnn(-c4ccc(Cl)cc4)c3C)cc2C2CC2)CC1. The van der Waals surface area contributed by atoms with Gasteiger partial charge in [-0.2, -0.15) is 5.10 Å². The number of halogens is 1. The first-order chi connectivity index (χ1) is 16.9. The second-order valence-corrected chi connectivity index (χ2v) is 9.89. The molecule has 1 saturated heterocycles. The van der Waals surface area contributed by atoms with Crippen molar-refractivity contribution in [1.82, 2.24) is 14.8 Å². The van der Waals surface area contributed by atoms with Gasteiger partial charge in [0, 0.05) is 50.5 Å². The van der Waals surface area contributed by atoms with Crippen molar-refractivity contribution in [3.8, 4) is 5.69 Å². The molecule has 3 heterocycles. The van der Waals surface area contributed by atoms with Gasteiger partial charge in [-0.15, -0.1) is 0 Å². The molecule has 1 saturated carbocycles. The lowest BCUT2D eigenvalue weighted by Crippen LogP contribution is -2.38. The summed E-state index contributed by atoms with van der Waals surface area (Å²) < 4.78 is 7.14. The van der Waals surface area contributed by atoms with Gasteiger partial charge in [-0.1, -0.05) is 11.6 Å². The van der Waals surface area contributed by atoms with E-state index in [2.05, 4.69) is 16.1 Å². The first kappa shape index (κ1) is 23.5. The van der Waals surface area contributed by atoms with Gasteiger partial charge in [0.2, 0.25) is 0 Å². The van der Waals surface area contributed by atoms with Crippen LogP contribution in [0.4, 0.5) is 5.82 Å². The smallest absolute Gasteiger partial charge is 0.302 e. The Morgan fingerprint density at radius 1 is 1.09 bits per heavy atom. The van der Waals surface area contributed by atoms with Crippen LogP contribution in [0, 0.1) is 6.92 Å². The van der Waals surface area contributed by atoms with E-state index in [9.17, 15) is 9.59 Å². The van der Waals surface area contributed by atoms with Gasteiger partial charge in [-0.3, -0.25) is 9.59 Å². The molecular weight excluding hydrogens is 464 g/mol. The van der Waals surface area contributed by atoms with Crippen LogP contribution in [0.25, 0.3) is 5.69 Å². The lowest BCUT2D eigenvalue weighted by atomic mass is 10.0. The van der Waals surface area contributed by atoms with Crippen molar-refractivity contribution in [2.24, 2.45) is 0 Å². The molecule has 35 heavy (non-hydrogen) atoms. The molecule has 0 unspecified atom stereocenters. The lowest BCUT2D eigenvalue weighted by Gasteiger charge is -2.33. The van der Waals surface area contributed by atoms with Crippen LogP contribution in [0.15, 0.2) is 42.7 Å². The number of hydrogen-bond acceptors (Lipinski definition) is 6. The Balaban J connectivity index is 1.31. The zero-order valence-electron chi connectivity index (χ0n) is 20.0. The minimum Gasteiger partial charge on any atom is -0.462 e. The number of ketones is 1. The fraction of sp³-hybridized carbons (Fsp3) is 0.407. The minimum absolute atomic E-state index is 0.0120. The topological polar surface area (TPSA) is 77.3 Å².